The molecule has 0 spiro atoms. The number of anilines is 1. The molecule has 7 nitrogen and oxygen atoms in total. The number of nitrogens with zero attached hydrogens (tertiary/aromatic N) is 5. The van der Waals surface area contributed by atoms with Crippen LogP contribution in [0.3, 0.4) is 0 Å². The van der Waals surface area contributed by atoms with Crippen LogP contribution in [0.5, 0.6) is 0 Å². The summed E-state index contributed by atoms with van der Waals surface area (Å²) in [5.74, 6) is 1.32. The van der Waals surface area contributed by atoms with E-state index in [1.54, 1.807) is 17.1 Å². The van der Waals surface area contributed by atoms with Gasteiger partial charge in [-0.3, -0.25) is 4.79 Å². The molecule has 4 heterocycles. The van der Waals surface area contributed by atoms with Crippen LogP contribution in [-0.4, -0.2) is 37.8 Å². The third kappa shape index (κ3) is 2.98. The fourth-order valence-corrected chi connectivity index (χ4v) is 3.38. The molecule has 0 radical (unpaired) electrons. The van der Waals surface area contributed by atoms with Crippen LogP contribution < -0.4 is 10.5 Å². The normalized spacial score (nSPS) is 15.5. The fourth-order valence-electron chi connectivity index (χ4n) is 3.38. The SMILES string of the molecule is Cc1cc2ncnc(N3CC(Cn4nc(C(C)(C)C)ccc4=O)C3)c2[nH]1. The van der Waals surface area contributed by atoms with Crippen molar-refractivity contribution in [2.45, 2.75) is 39.7 Å². The minimum absolute atomic E-state index is 0.0409. The third-order valence-electron chi connectivity index (χ3n) is 4.85. The van der Waals surface area contributed by atoms with Crippen LogP contribution in [0.4, 0.5) is 5.82 Å². The Labute approximate surface area is 152 Å². The molecule has 7 heteroatoms. The van der Waals surface area contributed by atoms with Gasteiger partial charge >= 0.3 is 0 Å². The standard InChI is InChI=1S/C19H24N6O/c1-12-7-14-17(22-12)18(21-11-20-14)24-8-13(9-24)10-25-16(26)6-5-15(23-25)19(2,3)4/h5-7,11,13,22H,8-10H2,1-4H3. The first-order valence-electron chi connectivity index (χ1n) is 8.95. The van der Waals surface area contributed by atoms with Gasteiger partial charge in [-0.2, -0.15) is 5.10 Å². The molecular formula is C19H24N6O. The maximum atomic E-state index is 12.2. The molecule has 0 bridgehead atoms. The Kier molecular flexibility index (Phi) is 3.82. The van der Waals surface area contributed by atoms with Crippen LogP contribution >= 0.6 is 0 Å². The van der Waals surface area contributed by atoms with Gasteiger partial charge in [0.1, 0.15) is 11.8 Å². The van der Waals surface area contributed by atoms with E-state index in [9.17, 15) is 4.79 Å². The summed E-state index contributed by atoms with van der Waals surface area (Å²) in [5, 5.41) is 4.57. The van der Waals surface area contributed by atoms with Gasteiger partial charge in [0.05, 0.1) is 17.8 Å². The number of H-pyrrole nitrogens is 1. The lowest BCUT2D eigenvalue weighted by Gasteiger charge is -2.40. The Hall–Kier alpha value is -2.70. The van der Waals surface area contributed by atoms with Crippen molar-refractivity contribution in [3.8, 4) is 0 Å². The van der Waals surface area contributed by atoms with E-state index in [2.05, 4.69) is 45.7 Å². The van der Waals surface area contributed by atoms with E-state index in [0.717, 1.165) is 41.3 Å². The summed E-state index contributed by atoms with van der Waals surface area (Å²) in [6.45, 7) is 10.7. The molecule has 0 unspecified atom stereocenters. The zero-order chi connectivity index (χ0) is 18.5. The average Bonchev–Trinajstić information content (AvgIpc) is 2.91. The van der Waals surface area contributed by atoms with Crippen molar-refractivity contribution >= 4 is 16.9 Å². The Morgan fingerprint density at radius 2 is 2.00 bits per heavy atom. The number of fused-ring (bicyclic) bond motifs is 1. The molecule has 0 atom stereocenters. The highest BCUT2D eigenvalue weighted by molar-refractivity contribution is 5.87. The van der Waals surface area contributed by atoms with Gasteiger partial charge in [0.25, 0.3) is 5.56 Å². The van der Waals surface area contributed by atoms with Crippen LogP contribution in [0.25, 0.3) is 11.0 Å². The number of aromatic amines is 1. The zero-order valence-corrected chi connectivity index (χ0v) is 15.7. The summed E-state index contributed by atoms with van der Waals surface area (Å²) >= 11 is 0. The average molecular weight is 352 g/mol. The highest BCUT2D eigenvalue weighted by Crippen LogP contribution is 2.29. The van der Waals surface area contributed by atoms with Gasteiger partial charge in [0.2, 0.25) is 0 Å². The maximum absolute atomic E-state index is 12.2. The second-order valence-electron chi connectivity index (χ2n) is 8.17. The number of hydrogen-bond donors (Lipinski definition) is 1. The molecular weight excluding hydrogens is 328 g/mol. The van der Waals surface area contributed by atoms with Gasteiger partial charge in [0, 0.05) is 36.2 Å². The van der Waals surface area contributed by atoms with E-state index in [1.807, 2.05) is 19.1 Å². The van der Waals surface area contributed by atoms with E-state index in [1.165, 1.54) is 0 Å². The fraction of sp³-hybridized carbons (Fsp3) is 0.474. The molecule has 4 rings (SSSR count). The molecule has 26 heavy (non-hydrogen) atoms. The first kappa shape index (κ1) is 16.8. The van der Waals surface area contributed by atoms with Crippen LogP contribution in [-0.2, 0) is 12.0 Å². The molecule has 0 aliphatic carbocycles. The van der Waals surface area contributed by atoms with Crippen LogP contribution in [0, 0.1) is 12.8 Å². The molecule has 3 aromatic rings. The van der Waals surface area contributed by atoms with Crippen molar-refractivity contribution in [3.05, 3.63) is 46.3 Å². The number of aromatic nitrogens is 5. The topological polar surface area (TPSA) is 79.7 Å². The lowest BCUT2D eigenvalue weighted by molar-refractivity contribution is 0.328. The summed E-state index contributed by atoms with van der Waals surface area (Å²) in [6, 6.07) is 5.48. The van der Waals surface area contributed by atoms with E-state index < -0.39 is 0 Å². The van der Waals surface area contributed by atoms with E-state index in [4.69, 9.17) is 0 Å². The lowest BCUT2D eigenvalue weighted by atomic mass is 9.92. The Morgan fingerprint density at radius 1 is 1.23 bits per heavy atom. The molecule has 1 saturated heterocycles. The van der Waals surface area contributed by atoms with Gasteiger partial charge in [-0.15, -0.1) is 0 Å². The van der Waals surface area contributed by atoms with Crippen LogP contribution in [0.1, 0.15) is 32.2 Å². The zero-order valence-electron chi connectivity index (χ0n) is 15.7. The van der Waals surface area contributed by atoms with Crippen molar-refractivity contribution < 1.29 is 0 Å². The predicted molar refractivity (Wildman–Crippen MR) is 102 cm³/mol. The van der Waals surface area contributed by atoms with Gasteiger partial charge in [0.15, 0.2) is 5.82 Å². The summed E-state index contributed by atoms with van der Waals surface area (Å²) in [7, 11) is 0. The van der Waals surface area contributed by atoms with Crippen molar-refractivity contribution in [1.29, 1.82) is 0 Å². The second kappa shape index (κ2) is 5.93. The van der Waals surface area contributed by atoms with E-state index in [-0.39, 0.29) is 11.0 Å². The van der Waals surface area contributed by atoms with E-state index >= 15 is 0 Å². The highest BCUT2D eigenvalue weighted by atomic mass is 16.1. The quantitative estimate of drug-likeness (QED) is 0.782. The second-order valence-corrected chi connectivity index (χ2v) is 8.17. The molecule has 1 aliphatic rings. The monoisotopic (exact) mass is 352 g/mol. The lowest BCUT2D eigenvalue weighted by Crippen LogP contribution is -2.50. The van der Waals surface area contributed by atoms with Gasteiger partial charge in [-0.25, -0.2) is 14.6 Å². The Bertz CT molecular complexity index is 1010. The van der Waals surface area contributed by atoms with Crippen molar-refractivity contribution in [2.75, 3.05) is 18.0 Å². The largest absolute Gasteiger partial charge is 0.354 e. The molecule has 3 aromatic heterocycles. The molecule has 0 saturated carbocycles. The number of aryl methyl sites for hydroxylation is 1. The summed E-state index contributed by atoms with van der Waals surface area (Å²) in [5.41, 5.74) is 3.82. The summed E-state index contributed by atoms with van der Waals surface area (Å²) in [4.78, 5) is 26.5. The minimum Gasteiger partial charge on any atom is -0.354 e. The van der Waals surface area contributed by atoms with Gasteiger partial charge in [-0.1, -0.05) is 20.8 Å². The first-order valence-corrected chi connectivity index (χ1v) is 8.95. The van der Waals surface area contributed by atoms with Gasteiger partial charge in [-0.05, 0) is 19.1 Å². The van der Waals surface area contributed by atoms with Crippen molar-refractivity contribution in [2.24, 2.45) is 5.92 Å². The summed E-state index contributed by atoms with van der Waals surface area (Å²) in [6.07, 6.45) is 1.61. The molecule has 136 valence electrons. The van der Waals surface area contributed by atoms with Crippen LogP contribution in [0.2, 0.25) is 0 Å². The Balaban J connectivity index is 1.50. The Morgan fingerprint density at radius 3 is 2.73 bits per heavy atom. The number of hydrogen-bond acceptors (Lipinski definition) is 5. The third-order valence-corrected chi connectivity index (χ3v) is 4.85. The molecule has 1 N–H and O–H groups in total. The number of nitrogens with one attached hydrogen (secondary N) is 1. The van der Waals surface area contributed by atoms with Gasteiger partial charge < -0.3 is 9.88 Å². The summed E-state index contributed by atoms with van der Waals surface area (Å²) < 4.78 is 1.61. The molecule has 1 aliphatic heterocycles. The van der Waals surface area contributed by atoms with Crippen LogP contribution in [0.15, 0.2) is 29.3 Å². The number of rotatable bonds is 3. The maximum Gasteiger partial charge on any atom is 0.266 e. The van der Waals surface area contributed by atoms with Crippen molar-refractivity contribution in [3.63, 3.8) is 0 Å². The van der Waals surface area contributed by atoms with E-state index in [0.29, 0.717) is 12.5 Å². The van der Waals surface area contributed by atoms with Crippen molar-refractivity contribution in [1.82, 2.24) is 24.7 Å². The highest BCUT2D eigenvalue weighted by Gasteiger charge is 2.30. The minimum atomic E-state index is -0.0703. The molecule has 0 amide bonds. The first-order chi connectivity index (χ1) is 12.3. The predicted octanol–water partition coefficient (Wildman–Crippen LogP) is 2.26. The molecule has 0 aromatic carbocycles. The molecule has 1 fully saturated rings. The smallest absolute Gasteiger partial charge is 0.266 e.